The number of hydrogen-bond donors (Lipinski definition) is 2. The molecule has 8 heteroatoms. The predicted molar refractivity (Wildman–Crippen MR) is 90.4 cm³/mol. The lowest BCUT2D eigenvalue weighted by atomic mass is 10.2. The summed E-state index contributed by atoms with van der Waals surface area (Å²) in [5.74, 6) is -1.99. The molecular formula is C17H14N4O4. The van der Waals surface area contributed by atoms with Crippen LogP contribution in [0.25, 0.3) is 0 Å². The van der Waals surface area contributed by atoms with Crippen molar-refractivity contribution in [2.75, 3.05) is 5.01 Å². The van der Waals surface area contributed by atoms with Gasteiger partial charge in [-0.05, 0) is 37.3 Å². The average Bonchev–Trinajstić information content (AvgIpc) is 2.89. The number of carboxylic acids is 1. The van der Waals surface area contributed by atoms with Gasteiger partial charge in [0.15, 0.2) is 6.04 Å². The van der Waals surface area contributed by atoms with Crippen LogP contribution in [0.1, 0.15) is 17.3 Å². The molecule has 1 amide bonds. The maximum atomic E-state index is 12.5. The molecule has 1 heterocycles. The van der Waals surface area contributed by atoms with Gasteiger partial charge in [0.2, 0.25) is 0 Å². The third-order valence-electron chi connectivity index (χ3n) is 3.60. The Morgan fingerprint density at radius 2 is 1.92 bits per heavy atom. The summed E-state index contributed by atoms with van der Waals surface area (Å²) in [6.07, 6.45) is 0. The molecule has 0 fully saturated rings. The van der Waals surface area contributed by atoms with Crippen molar-refractivity contribution in [2.45, 2.75) is 13.0 Å². The van der Waals surface area contributed by atoms with Crippen molar-refractivity contribution in [3.63, 3.8) is 0 Å². The summed E-state index contributed by atoms with van der Waals surface area (Å²) >= 11 is 0. The number of aromatic hydroxyl groups is 1. The zero-order chi connectivity index (χ0) is 18.0. The van der Waals surface area contributed by atoms with E-state index in [0.717, 1.165) is 0 Å². The van der Waals surface area contributed by atoms with Crippen LogP contribution < -0.4 is 5.01 Å². The number of amides is 1. The molecule has 1 aliphatic rings. The number of aromatic carboxylic acids is 1. The molecule has 1 atom stereocenters. The molecule has 1 unspecified atom stereocenters. The highest BCUT2D eigenvalue weighted by atomic mass is 16.4. The molecule has 2 aromatic carbocycles. The van der Waals surface area contributed by atoms with Crippen LogP contribution in [0.4, 0.5) is 11.4 Å². The van der Waals surface area contributed by atoms with Gasteiger partial charge in [-0.25, -0.2) is 4.79 Å². The van der Waals surface area contributed by atoms with Gasteiger partial charge in [0.25, 0.3) is 5.91 Å². The molecule has 2 aromatic rings. The van der Waals surface area contributed by atoms with Gasteiger partial charge >= 0.3 is 5.97 Å². The second-order valence-electron chi connectivity index (χ2n) is 5.35. The first-order valence-electron chi connectivity index (χ1n) is 7.38. The lowest BCUT2D eigenvalue weighted by Crippen LogP contribution is -2.29. The standard InChI is InChI=1S/C17H14N4O4/c1-10-15(16(23)21(20-10)12-5-3-2-4-6-12)19-18-11-7-8-14(22)13(9-11)17(24)25/h2-9,15,22H,1H3,(H,24,25). The Kier molecular flexibility index (Phi) is 4.25. The van der Waals surface area contributed by atoms with Gasteiger partial charge in [-0.15, -0.1) is 0 Å². The summed E-state index contributed by atoms with van der Waals surface area (Å²) in [5.41, 5.74) is 1.04. The van der Waals surface area contributed by atoms with E-state index >= 15 is 0 Å². The number of carbonyl (C=O) groups excluding carboxylic acids is 1. The predicted octanol–water partition coefficient (Wildman–Crippen LogP) is 2.97. The highest BCUT2D eigenvalue weighted by molar-refractivity contribution is 6.18. The fourth-order valence-corrected chi connectivity index (χ4v) is 2.33. The van der Waals surface area contributed by atoms with E-state index in [1.54, 1.807) is 31.2 Å². The topological polar surface area (TPSA) is 115 Å². The van der Waals surface area contributed by atoms with Crippen molar-refractivity contribution in [1.29, 1.82) is 0 Å². The van der Waals surface area contributed by atoms with Gasteiger partial charge in [0.1, 0.15) is 11.3 Å². The number of benzene rings is 2. The Balaban J connectivity index is 1.83. The van der Waals surface area contributed by atoms with E-state index in [9.17, 15) is 14.7 Å². The minimum atomic E-state index is -1.28. The van der Waals surface area contributed by atoms with E-state index in [2.05, 4.69) is 15.3 Å². The zero-order valence-corrected chi connectivity index (χ0v) is 13.2. The fourth-order valence-electron chi connectivity index (χ4n) is 2.33. The molecule has 25 heavy (non-hydrogen) atoms. The van der Waals surface area contributed by atoms with E-state index in [-0.39, 0.29) is 22.9 Å². The number of carbonyl (C=O) groups is 2. The lowest BCUT2D eigenvalue weighted by molar-refractivity contribution is -0.117. The van der Waals surface area contributed by atoms with Crippen LogP contribution in [0, 0.1) is 0 Å². The SMILES string of the molecule is CC1=NN(c2ccccc2)C(=O)C1N=Nc1ccc(O)c(C(=O)O)c1. The molecule has 3 rings (SSSR count). The van der Waals surface area contributed by atoms with Crippen molar-refractivity contribution < 1.29 is 19.8 Å². The van der Waals surface area contributed by atoms with Crippen LogP contribution in [0.5, 0.6) is 5.75 Å². The Hall–Kier alpha value is -3.55. The molecule has 0 saturated carbocycles. The molecule has 2 N–H and O–H groups in total. The average molecular weight is 338 g/mol. The Morgan fingerprint density at radius 3 is 2.60 bits per heavy atom. The van der Waals surface area contributed by atoms with E-state index in [1.165, 1.54) is 23.2 Å². The maximum Gasteiger partial charge on any atom is 0.339 e. The van der Waals surface area contributed by atoms with Crippen LogP contribution in [-0.2, 0) is 4.79 Å². The summed E-state index contributed by atoms with van der Waals surface area (Å²) in [6, 6.07) is 11.9. The summed E-state index contributed by atoms with van der Waals surface area (Å²) in [7, 11) is 0. The molecule has 0 spiro atoms. The van der Waals surface area contributed by atoms with Crippen molar-refractivity contribution >= 4 is 29.0 Å². The molecule has 0 bridgehead atoms. The second-order valence-corrected chi connectivity index (χ2v) is 5.35. The third-order valence-corrected chi connectivity index (χ3v) is 3.60. The molecule has 0 aromatic heterocycles. The van der Waals surface area contributed by atoms with Crippen LogP contribution in [0.2, 0.25) is 0 Å². The van der Waals surface area contributed by atoms with Gasteiger partial charge in [0.05, 0.1) is 17.1 Å². The number of para-hydroxylation sites is 1. The number of rotatable bonds is 4. The van der Waals surface area contributed by atoms with Crippen LogP contribution in [0.3, 0.4) is 0 Å². The minimum Gasteiger partial charge on any atom is -0.507 e. The zero-order valence-electron chi connectivity index (χ0n) is 13.2. The Morgan fingerprint density at radius 1 is 1.20 bits per heavy atom. The van der Waals surface area contributed by atoms with Crippen molar-refractivity contribution in [2.24, 2.45) is 15.3 Å². The number of carboxylic acid groups (broad SMARTS) is 1. The minimum absolute atomic E-state index is 0.217. The number of nitrogens with zero attached hydrogens (tertiary/aromatic N) is 4. The van der Waals surface area contributed by atoms with Crippen molar-refractivity contribution in [3.05, 3.63) is 54.1 Å². The Bertz CT molecular complexity index is 893. The molecule has 126 valence electrons. The maximum absolute atomic E-state index is 12.5. The monoisotopic (exact) mass is 338 g/mol. The summed E-state index contributed by atoms with van der Waals surface area (Å²) < 4.78 is 0. The molecule has 0 radical (unpaired) electrons. The first-order valence-corrected chi connectivity index (χ1v) is 7.38. The van der Waals surface area contributed by atoms with E-state index in [1.807, 2.05) is 6.07 Å². The van der Waals surface area contributed by atoms with E-state index in [0.29, 0.717) is 11.4 Å². The Labute approximate surface area is 142 Å². The number of phenols is 1. The van der Waals surface area contributed by atoms with Gasteiger partial charge in [-0.2, -0.15) is 20.3 Å². The van der Waals surface area contributed by atoms with Gasteiger partial charge in [-0.1, -0.05) is 18.2 Å². The van der Waals surface area contributed by atoms with Gasteiger partial charge < -0.3 is 10.2 Å². The summed E-state index contributed by atoms with van der Waals surface area (Å²) in [5, 5.41) is 31.9. The van der Waals surface area contributed by atoms with Crippen molar-refractivity contribution in [1.82, 2.24) is 0 Å². The number of anilines is 1. The first-order chi connectivity index (χ1) is 12.0. The normalized spacial score (nSPS) is 17.2. The first kappa shape index (κ1) is 16.3. The number of hydrogen-bond acceptors (Lipinski definition) is 6. The van der Waals surface area contributed by atoms with Gasteiger partial charge in [-0.3, -0.25) is 4.79 Å². The second kappa shape index (κ2) is 6.52. The van der Waals surface area contributed by atoms with Crippen LogP contribution in [0.15, 0.2) is 63.9 Å². The molecule has 8 nitrogen and oxygen atoms in total. The fraction of sp³-hybridized carbons (Fsp3) is 0.118. The summed E-state index contributed by atoms with van der Waals surface area (Å²) in [6.45, 7) is 1.67. The highest BCUT2D eigenvalue weighted by Gasteiger charge is 2.34. The van der Waals surface area contributed by atoms with E-state index in [4.69, 9.17) is 5.11 Å². The third kappa shape index (κ3) is 3.23. The van der Waals surface area contributed by atoms with Crippen LogP contribution >= 0.6 is 0 Å². The molecule has 0 saturated heterocycles. The largest absolute Gasteiger partial charge is 0.507 e. The van der Waals surface area contributed by atoms with E-state index < -0.39 is 12.0 Å². The highest BCUT2D eigenvalue weighted by Crippen LogP contribution is 2.26. The lowest BCUT2D eigenvalue weighted by Gasteiger charge is -2.11. The quantitative estimate of drug-likeness (QED) is 0.834. The molecule has 0 aliphatic carbocycles. The molecular weight excluding hydrogens is 324 g/mol. The molecule has 1 aliphatic heterocycles. The van der Waals surface area contributed by atoms with Crippen molar-refractivity contribution in [3.8, 4) is 5.75 Å². The number of hydrazone groups is 1. The van der Waals surface area contributed by atoms with Crippen LogP contribution in [-0.4, -0.2) is 33.8 Å². The number of azo groups is 1. The van der Waals surface area contributed by atoms with Gasteiger partial charge in [0, 0.05) is 0 Å². The smallest absolute Gasteiger partial charge is 0.339 e. The summed E-state index contributed by atoms with van der Waals surface area (Å²) in [4.78, 5) is 23.5.